The van der Waals surface area contributed by atoms with Crippen molar-refractivity contribution in [1.29, 1.82) is 5.26 Å². The van der Waals surface area contributed by atoms with E-state index >= 15 is 0 Å². The summed E-state index contributed by atoms with van der Waals surface area (Å²) in [5.41, 5.74) is 0.438. The van der Waals surface area contributed by atoms with Crippen LogP contribution < -0.4 is 5.32 Å². The summed E-state index contributed by atoms with van der Waals surface area (Å²) in [5, 5.41) is 11.3. The SMILES string of the molecule is N#Cc1ccc(Cl)c(Nc2nc(F)c(F)cc2F)c1. The van der Waals surface area contributed by atoms with Gasteiger partial charge in [0.1, 0.15) is 0 Å². The average Bonchev–Trinajstić information content (AvgIpc) is 2.38. The van der Waals surface area contributed by atoms with Crippen molar-refractivity contribution in [2.75, 3.05) is 5.32 Å². The van der Waals surface area contributed by atoms with E-state index in [1.807, 2.05) is 6.07 Å². The van der Waals surface area contributed by atoms with Gasteiger partial charge in [0.2, 0.25) is 0 Å². The summed E-state index contributed by atoms with van der Waals surface area (Å²) >= 11 is 5.84. The van der Waals surface area contributed by atoms with Crippen LogP contribution in [0.3, 0.4) is 0 Å². The van der Waals surface area contributed by atoms with Gasteiger partial charge in [0.25, 0.3) is 5.95 Å². The first-order valence-electron chi connectivity index (χ1n) is 4.99. The van der Waals surface area contributed by atoms with Gasteiger partial charge in [0.15, 0.2) is 17.5 Å². The quantitative estimate of drug-likeness (QED) is 0.854. The van der Waals surface area contributed by atoms with Gasteiger partial charge in [-0.2, -0.15) is 14.6 Å². The first-order chi connectivity index (χ1) is 9.01. The zero-order chi connectivity index (χ0) is 14.0. The van der Waals surface area contributed by atoms with Crippen LogP contribution in [0, 0.1) is 28.9 Å². The molecular weight excluding hydrogens is 279 g/mol. The van der Waals surface area contributed by atoms with Gasteiger partial charge >= 0.3 is 0 Å². The third kappa shape index (κ3) is 2.77. The Labute approximate surface area is 111 Å². The summed E-state index contributed by atoms with van der Waals surface area (Å²) in [7, 11) is 0. The normalized spacial score (nSPS) is 10.1. The summed E-state index contributed by atoms with van der Waals surface area (Å²) in [6.07, 6.45) is 0. The summed E-state index contributed by atoms with van der Waals surface area (Å²) in [6, 6.07) is 6.45. The van der Waals surface area contributed by atoms with Crippen molar-refractivity contribution in [3.63, 3.8) is 0 Å². The zero-order valence-corrected chi connectivity index (χ0v) is 9.97. The third-order valence-electron chi connectivity index (χ3n) is 2.24. The molecule has 3 nitrogen and oxygen atoms in total. The number of pyridine rings is 1. The number of benzene rings is 1. The standard InChI is InChI=1S/C12H5ClF3N3/c13-7-2-1-6(5-17)3-10(7)18-12-9(15)4-8(14)11(16)19-12/h1-4H,(H,18,19). The second-order valence-corrected chi connectivity index (χ2v) is 3.93. The number of halogens is 4. The molecule has 1 N–H and O–H groups in total. The van der Waals surface area contributed by atoms with Crippen molar-refractivity contribution in [3.05, 3.63) is 52.4 Å². The highest BCUT2D eigenvalue weighted by atomic mass is 35.5. The first-order valence-corrected chi connectivity index (χ1v) is 5.37. The van der Waals surface area contributed by atoms with Gasteiger partial charge in [-0.15, -0.1) is 0 Å². The molecule has 0 saturated carbocycles. The van der Waals surface area contributed by atoms with E-state index in [1.54, 1.807) is 0 Å². The van der Waals surface area contributed by atoms with Crippen molar-refractivity contribution in [3.8, 4) is 6.07 Å². The monoisotopic (exact) mass is 283 g/mol. The molecule has 1 aromatic heterocycles. The highest BCUT2D eigenvalue weighted by Crippen LogP contribution is 2.27. The lowest BCUT2D eigenvalue weighted by Gasteiger charge is -2.09. The third-order valence-corrected chi connectivity index (χ3v) is 2.56. The predicted octanol–water partition coefficient (Wildman–Crippen LogP) is 3.77. The van der Waals surface area contributed by atoms with Gasteiger partial charge in [0.05, 0.1) is 22.3 Å². The number of anilines is 2. The number of nitrogens with zero attached hydrogens (tertiary/aromatic N) is 2. The average molecular weight is 284 g/mol. The molecule has 0 atom stereocenters. The molecule has 0 spiro atoms. The molecule has 0 amide bonds. The molecule has 0 unspecified atom stereocenters. The van der Waals surface area contributed by atoms with Gasteiger partial charge in [-0.25, -0.2) is 8.78 Å². The number of hydrogen-bond donors (Lipinski definition) is 1. The fraction of sp³-hybridized carbons (Fsp3) is 0. The van der Waals surface area contributed by atoms with Crippen LogP contribution in [0.15, 0.2) is 24.3 Å². The van der Waals surface area contributed by atoms with E-state index in [1.165, 1.54) is 18.2 Å². The fourth-order valence-electron chi connectivity index (χ4n) is 1.35. The molecule has 7 heteroatoms. The Hall–Kier alpha value is -2.26. The first kappa shape index (κ1) is 13.2. The van der Waals surface area contributed by atoms with E-state index in [0.717, 1.165) is 0 Å². The van der Waals surface area contributed by atoms with Gasteiger partial charge in [-0.05, 0) is 18.2 Å². The summed E-state index contributed by atoms with van der Waals surface area (Å²) in [4.78, 5) is 3.09. The zero-order valence-electron chi connectivity index (χ0n) is 9.22. The highest BCUT2D eigenvalue weighted by molar-refractivity contribution is 6.33. The number of hydrogen-bond acceptors (Lipinski definition) is 3. The van der Waals surface area contributed by atoms with Gasteiger partial charge in [-0.3, -0.25) is 0 Å². The van der Waals surface area contributed by atoms with Crippen molar-refractivity contribution < 1.29 is 13.2 Å². The van der Waals surface area contributed by atoms with Gasteiger partial charge in [-0.1, -0.05) is 11.6 Å². The molecule has 0 aliphatic carbocycles. The molecular formula is C12H5ClF3N3. The number of nitrogens with one attached hydrogen (secondary N) is 1. The molecule has 0 bridgehead atoms. The molecule has 0 saturated heterocycles. The Bertz CT molecular complexity index is 683. The summed E-state index contributed by atoms with van der Waals surface area (Å²) in [5.74, 6) is -4.41. The van der Waals surface area contributed by atoms with Crippen LogP contribution in [0.5, 0.6) is 0 Å². The van der Waals surface area contributed by atoms with Crippen LogP contribution in [0.2, 0.25) is 5.02 Å². The Balaban J connectivity index is 2.42. The van der Waals surface area contributed by atoms with Crippen molar-refractivity contribution in [2.45, 2.75) is 0 Å². The van der Waals surface area contributed by atoms with Crippen LogP contribution in [-0.2, 0) is 0 Å². The predicted molar refractivity (Wildman–Crippen MR) is 63.6 cm³/mol. The second kappa shape index (κ2) is 5.16. The summed E-state index contributed by atoms with van der Waals surface area (Å²) < 4.78 is 39.0. The summed E-state index contributed by atoms with van der Waals surface area (Å²) in [6.45, 7) is 0. The Morgan fingerprint density at radius 1 is 1.16 bits per heavy atom. The smallest absolute Gasteiger partial charge is 0.251 e. The number of rotatable bonds is 2. The van der Waals surface area contributed by atoms with Crippen LogP contribution in [0.1, 0.15) is 5.56 Å². The molecule has 19 heavy (non-hydrogen) atoms. The molecule has 0 aliphatic rings. The maximum atomic E-state index is 13.4. The highest BCUT2D eigenvalue weighted by Gasteiger charge is 2.13. The number of aromatic nitrogens is 1. The molecule has 0 radical (unpaired) electrons. The molecule has 2 rings (SSSR count). The minimum Gasteiger partial charge on any atom is -0.336 e. The topological polar surface area (TPSA) is 48.7 Å². The molecule has 96 valence electrons. The van der Waals surface area contributed by atoms with Crippen molar-refractivity contribution in [2.24, 2.45) is 0 Å². The molecule has 0 aliphatic heterocycles. The van der Waals surface area contributed by atoms with E-state index in [0.29, 0.717) is 6.07 Å². The van der Waals surface area contributed by atoms with Crippen LogP contribution in [0.25, 0.3) is 0 Å². The number of nitriles is 1. The van der Waals surface area contributed by atoms with Gasteiger partial charge in [0, 0.05) is 6.07 Å². The Kier molecular flexibility index (Phi) is 3.58. The van der Waals surface area contributed by atoms with Crippen LogP contribution in [0.4, 0.5) is 24.7 Å². The minimum atomic E-state index is -1.43. The lowest BCUT2D eigenvalue weighted by molar-refractivity contribution is 0.467. The molecule has 1 aromatic carbocycles. The second-order valence-electron chi connectivity index (χ2n) is 3.52. The van der Waals surface area contributed by atoms with E-state index in [2.05, 4.69) is 10.3 Å². The minimum absolute atomic E-state index is 0.165. The Morgan fingerprint density at radius 3 is 2.58 bits per heavy atom. The largest absolute Gasteiger partial charge is 0.336 e. The maximum absolute atomic E-state index is 13.4. The van der Waals surface area contributed by atoms with Crippen LogP contribution >= 0.6 is 11.6 Å². The van der Waals surface area contributed by atoms with E-state index in [-0.39, 0.29) is 16.3 Å². The lowest BCUT2D eigenvalue weighted by Crippen LogP contribution is -2.02. The van der Waals surface area contributed by atoms with E-state index < -0.39 is 23.4 Å². The van der Waals surface area contributed by atoms with Crippen molar-refractivity contribution in [1.82, 2.24) is 4.98 Å². The van der Waals surface area contributed by atoms with E-state index in [4.69, 9.17) is 16.9 Å². The Morgan fingerprint density at radius 2 is 1.89 bits per heavy atom. The molecule has 2 aromatic rings. The maximum Gasteiger partial charge on any atom is 0.251 e. The van der Waals surface area contributed by atoms with Gasteiger partial charge < -0.3 is 5.32 Å². The molecule has 1 heterocycles. The molecule has 0 fully saturated rings. The van der Waals surface area contributed by atoms with Crippen LogP contribution in [-0.4, -0.2) is 4.98 Å². The lowest BCUT2D eigenvalue weighted by atomic mass is 10.2. The fourth-order valence-corrected chi connectivity index (χ4v) is 1.51. The van der Waals surface area contributed by atoms with Crippen molar-refractivity contribution >= 4 is 23.1 Å². The van der Waals surface area contributed by atoms with E-state index in [9.17, 15) is 13.2 Å².